The minimum absolute atomic E-state index is 0.0783. The molecule has 1 amide bonds. The van der Waals surface area contributed by atoms with Crippen molar-refractivity contribution in [3.8, 4) is 0 Å². The average Bonchev–Trinajstić information content (AvgIpc) is 2.00. The highest BCUT2D eigenvalue weighted by Crippen LogP contribution is 2.44. The highest BCUT2D eigenvalue weighted by Gasteiger charge is 2.50. The highest BCUT2D eigenvalue weighted by atomic mass is 32.2. The molecule has 0 radical (unpaired) electrons. The minimum atomic E-state index is -0.273. The molecule has 0 aromatic rings. The van der Waals surface area contributed by atoms with Gasteiger partial charge in [-0.1, -0.05) is 18.7 Å². The van der Waals surface area contributed by atoms with E-state index >= 15 is 0 Å². The lowest BCUT2D eigenvalue weighted by Gasteiger charge is -2.43. The second-order valence-corrected chi connectivity index (χ2v) is 4.76. The van der Waals surface area contributed by atoms with Gasteiger partial charge in [0.2, 0.25) is 11.0 Å². The largest absolute Gasteiger partial charge is 0.344 e. The quantitative estimate of drug-likeness (QED) is 0.699. The maximum absolute atomic E-state index is 11.1. The van der Waals surface area contributed by atoms with Gasteiger partial charge in [0.1, 0.15) is 6.04 Å². The van der Waals surface area contributed by atoms with E-state index in [-0.39, 0.29) is 21.8 Å². The van der Waals surface area contributed by atoms with Gasteiger partial charge in [0, 0.05) is 11.7 Å². The van der Waals surface area contributed by atoms with Gasteiger partial charge in [0.25, 0.3) is 0 Å². The lowest BCUT2D eigenvalue weighted by atomic mass is 9.97. The smallest absolute Gasteiger partial charge is 0.217 e. The summed E-state index contributed by atoms with van der Waals surface area (Å²) in [6.45, 7) is 5.46. The summed E-state index contributed by atoms with van der Waals surface area (Å²) in [7, 11) is 0. The summed E-state index contributed by atoms with van der Waals surface area (Å²) in [5.74, 6) is -0.131. The van der Waals surface area contributed by atoms with Gasteiger partial charge in [-0.05, 0) is 13.3 Å². The zero-order valence-corrected chi connectivity index (χ0v) is 8.33. The molecule has 2 unspecified atom stereocenters. The van der Waals surface area contributed by atoms with Crippen LogP contribution in [0.5, 0.6) is 0 Å². The molecular weight excluding hydrogens is 174 g/mol. The molecule has 0 spiro atoms. The number of hydrogen-bond donors (Lipinski definition) is 1. The molecule has 0 saturated carbocycles. The topological polar surface area (TPSA) is 46.2 Å². The third kappa shape index (κ3) is 1.48. The third-order valence-electron chi connectivity index (χ3n) is 2.23. The van der Waals surface area contributed by atoms with Crippen LogP contribution < -0.4 is 5.32 Å². The SMILES string of the molecule is CCC1(C)SC(=O)C1NC(C)=O. The number of thioether (sulfide) groups is 1. The summed E-state index contributed by atoms with van der Waals surface area (Å²) in [4.78, 5) is 21.8. The van der Waals surface area contributed by atoms with Gasteiger partial charge >= 0.3 is 0 Å². The zero-order chi connectivity index (χ0) is 9.35. The van der Waals surface area contributed by atoms with E-state index in [1.54, 1.807) is 0 Å². The summed E-state index contributed by atoms with van der Waals surface area (Å²) < 4.78 is -0.0806. The van der Waals surface area contributed by atoms with Crippen LogP contribution in [0.2, 0.25) is 0 Å². The van der Waals surface area contributed by atoms with Crippen molar-refractivity contribution < 1.29 is 9.59 Å². The molecule has 0 bridgehead atoms. The molecule has 3 nitrogen and oxygen atoms in total. The van der Waals surface area contributed by atoms with Crippen LogP contribution in [-0.4, -0.2) is 21.8 Å². The van der Waals surface area contributed by atoms with Crippen LogP contribution in [0, 0.1) is 0 Å². The number of nitrogens with one attached hydrogen (secondary N) is 1. The molecule has 0 aromatic carbocycles. The molecule has 4 heteroatoms. The normalized spacial score (nSPS) is 34.2. The van der Waals surface area contributed by atoms with Crippen molar-refractivity contribution in [1.29, 1.82) is 0 Å². The molecule has 68 valence electrons. The van der Waals surface area contributed by atoms with Gasteiger partial charge < -0.3 is 5.32 Å². The lowest BCUT2D eigenvalue weighted by molar-refractivity contribution is -0.124. The molecule has 0 aromatic heterocycles. The van der Waals surface area contributed by atoms with Crippen molar-refractivity contribution in [3.05, 3.63) is 0 Å². The van der Waals surface area contributed by atoms with Gasteiger partial charge in [-0.3, -0.25) is 9.59 Å². The van der Waals surface area contributed by atoms with E-state index in [2.05, 4.69) is 5.32 Å². The zero-order valence-electron chi connectivity index (χ0n) is 7.51. The van der Waals surface area contributed by atoms with E-state index in [0.29, 0.717) is 0 Å². The van der Waals surface area contributed by atoms with Crippen LogP contribution in [0.15, 0.2) is 0 Å². The second-order valence-electron chi connectivity index (χ2n) is 3.22. The van der Waals surface area contributed by atoms with E-state index in [1.807, 2.05) is 13.8 Å². The Balaban J connectivity index is 2.61. The highest BCUT2D eigenvalue weighted by molar-refractivity contribution is 8.17. The summed E-state index contributed by atoms with van der Waals surface area (Å²) in [5, 5.41) is 2.74. The van der Waals surface area contributed by atoms with Crippen molar-refractivity contribution in [3.63, 3.8) is 0 Å². The van der Waals surface area contributed by atoms with E-state index in [9.17, 15) is 9.59 Å². The van der Waals surface area contributed by atoms with E-state index in [4.69, 9.17) is 0 Å². The molecule has 1 fully saturated rings. The predicted octanol–water partition coefficient (Wildman–Crippen LogP) is 0.933. The number of hydrogen-bond acceptors (Lipinski definition) is 3. The van der Waals surface area contributed by atoms with E-state index in [1.165, 1.54) is 18.7 Å². The monoisotopic (exact) mass is 187 g/mol. The first-order chi connectivity index (χ1) is 5.49. The second kappa shape index (κ2) is 3.09. The van der Waals surface area contributed by atoms with Gasteiger partial charge in [0.05, 0.1) is 0 Å². The summed E-state index contributed by atoms with van der Waals surface area (Å²) >= 11 is 1.33. The van der Waals surface area contributed by atoms with Crippen LogP contribution in [0.25, 0.3) is 0 Å². The number of carbonyl (C=O) groups excluding carboxylic acids is 2. The Morgan fingerprint density at radius 1 is 1.75 bits per heavy atom. The predicted molar refractivity (Wildman–Crippen MR) is 48.9 cm³/mol. The molecule has 1 rings (SSSR count). The van der Waals surface area contributed by atoms with Crippen LogP contribution in [0.1, 0.15) is 27.2 Å². The number of amides is 1. The standard InChI is InChI=1S/C8H13NO2S/c1-4-8(3)6(7(11)12-8)9-5(2)10/h6H,4H2,1-3H3,(H,9,10). The van der Waals surface area contributed by atoms with Crippen molar-refractivity contribution in [1.82, 2.24) is 5.32 Å². The van der Waals surface area contributed by atoms with Gasteiger partial charge in [-0.25, -0.2) is 0 Å². The van der Waals surface area contributed by atoms with E-state index < -0.39 is 0 Å². The lowest BCUT2D eigenvalue weighted by Crippen LogP contribution is -2.60. The molecule has 1 aliphatic heterocycles. The Hall–Kier alpha value is -0.510. The van der Waals surface area contributed by atoms with Crippen molar-refractivity contribution >= 4 is 22.8 Å². The Bertz CT molecular complexity index is 229. The fourth-order valence-electron chi connectivity index (χ4n) is 1.23. The van der Waals surface area contributed by atoms with Crippen LogP contribution in [-0.2, 0) is 9.59 Å². The Kier molecular flexibility index (Phi) is 2.46. The van der Waals surface area contributed by atoms with Crippen LogP contribution in [0.4, 0.5) is 0 Å². The van der Waals surface area contributed by atoms with Crippen molar-refractivity contribution in [2.24, 2.45) is 0 Å². The summed E-state index contributed by atoms with van der Waals surface area (Å²) in [6, 6.07) is -0.273. The van der Waals surface area contributed by atoms with Crippen molar-refractivity contribution in [2.75, 3.05) is 0 Å². The maximum Gasteiger partial charge on any atom is 0.217 e. The Morgan fingerprint density at radius 2 is 2.33 bits per heavy atom. The fraction of sp³-hybridized carbons (Fsp3) is 0.750. The molecule has 2 atom stereocenters. The first kappa shape index (κ1) is 9.58. The first-order valence-corrected chi connectivity index (χ1v) is 4.81. The van der Waals surface area contributed by atoms with Gasteiger partial charge in [-0.15, -0.1) is 0 Å². The molecule has 12 heavy (non-hydrogen) atoms. The fourth-order valence-corrected chi connectivity index (χ4v) is 2.37. The minimum Gasteiger partial charge on any atom is -0.344 e. The van der Waals surface area contributed by atoms with Crippen LogP contribution >= 0.6 is 11.8 Å². The molecule has 1 aliphatic rings. The number of rotatable bonds is 2. The van der Waals surface area contributed by atoms with Crippen molar-refractivity contribution in [2.45, 2.75) is 38.0 Å². The molecule has 1 heterocycles. The maximum atomic E-state index is 11.1. The first-order valence-electron chi connectivity index (χ1n) is 3.99. The Morgan fingerprint density at radius 3 is 2.67 bits per heavy atom. The summed E-state index contributed by atoms with van der Waals surface area (Å²) in [6.07, 6.45) is 0.897. The molecule has 0 aliphatic carbocycles. The summed E-state index contributed by atoms with van der Waals surface area (Å²) in [5.41, 5.74) is 0. The average molecular weight is 187 g/mol. The third-order valence-corrected chi connectivity index (χ3v) is 3.66. The molecule has 1 N–H and O–H groups in total. The van der Waals surface area contributed by atoms with Gasteiger partial charge in [-0.2, -0.15) is 0 Å². The van der Waals surface area contributed by atoms with Gasteiger partial charge in [0.15, 0.2) is 0 Å². The number of carbonyl (C=O) groups is 2. The van der Waals surface area contributed by atoms with E-state index in [0.717, 1.165) is 6.42 Å². The molecule has 1 saturated heterocycles. The molecular formula is C8H13NO2S. The van der Waals surface area contributed by atoms with Crippen LogP contribution in [0.3, 0.4) is 0 Å². The Labute approximate surface area is 76.3 Å².